The van der Waals surface area contributed by atoms with E-state index >= 15 is 0 Å². The first kappa shape index (κ1) is 23.1. The second-order valence-electron chi connectivity index (χ2n) is 9.97. The molecule has 6 nitrogen and oxygen atoms in total. The van der Waals surface area contributed by atoms with E-state index in [1.54, 1.807) is 0 Å². The van der Waals surface area contributed by atoms with Crippen LogP contribution >= 0.6 is 0 Å². The number of nitrogens with two attached hydrogens (primary N) is 1. The molecule has 0 radical (unpaired) electrons. The summed E-state index contributed by atoms with van der Waals surface area (Å²) in [4.78, 5) is 0. The summed E-state index contributed by atoms with van der Waals surface area (Å²) in [5, 5.41) is 0. The minimum absolute atomic E-state index is 0.0261. The fourth-order valence-corrected chi connectivity index (χ4v) is 5.75. The molecule has 174 valence electrons. The molecule has 3 saturated heterocycles. The largest absolute Gasteiger partial charge is 0.350 e. The van der Waals surface area contributed by atoms with Crippen LogP contribution in [0.4, 0.5) is 0 Å². The van der Waals surface area contributed by atoms with Gasteiger partial charge in [0.2, 0.25) is 0 Å². The summed E-state index contributed by atoms with van der Waals surface area (Å²) in [6.07, 6.45) is 4.91. The Morgan fingerprint density at radius 3 is 2.52 bits per heavy atom. The highest BCUT2D eigenvalue weighted by atomic mass is 16.8. The normalized spacial score (nSPS) is 32.3. The first-order valence-corrected chi connectivity index (χ1v) is 12.2. The molecular weight excluding hydrogens is 392 g/mol. The van der Waals surface area contributed by atoms with Crippen molar-refractivity contribution in [2.75, 3.05) is 32.8 Å². The van der Waals surface area contributed by atoms with Crippen LogP contribution in [0.25, 0.3) is 0 Å². The number of rotatable bonds is 10. The standard InChI is InChI=1S/C25H41N2O4/c1-19(27(17-10-14-26)15-7-8-16-27)21-22-23(31-25(2,3)30-22)24(29-21)28-18-9-13-20-11-5-4-6-12-20/h4-6,11-12,19,21-24H,7-10,13-18,26H2,1-3H3/q+1/t19-,21+,22-,23-,24-/m0/s1. The fraction of sp³-hybridized carbons (Fsp3) is 0.760. The maximum absolute atomic E-state index is 6.53. The van der Waals surface area contributed by atoms with Crippen molar-refractivity contribution in [1.29, 1.82) is 0 Å². The van der Waals surface area contributed by atoms with Crippen LogP contribution in [0.2, 0.25) is 0 Å². The van der Waals surface area contributed by atoms with Gasteiger partial charge in [-0.3, -0.25) is 0 Å². The third kappa shape index (κ3) is 5.15. The zero-order valence-electron chi connectivity index (χ0n) is 19.5. The Hall–Kier alpha value is -1.02. The third-order valence-corrected chi connectivity index (χ3v) is 7.39. The monoisotopic (exact) mass is 433 g/mol. The van der Waals surface area contributed by atoms with Gasteiger partial charge in [-0.1, -0.05) is 30.3 Å². The molecule has 3 aliphatic heterocycles. The molecule has 31 heavy (non-hydrogen) atoms. The van der Waals surface area contributed by atoms with Crippen molar-refractivity contribution in [3.63, 3.8) is 0 Å². The van der Waals surface area contributed by atoms with Gasteiger partial charge in [0.15, 0.2) is 12.1 Å². The van der Waals surface area contributed by atoms with Crippen molar-refractivity contribution in [2.24, 2.45) is 5.73 Å². The number of likely N-dealkylation sites (tertiary alicyclic amines) is 1. The summed E-state index contributed by atoms with van der Waals surface area (Å²) in [7, 11) is 0. The molecule has 2 N–H and O–H groups in total. The molecule has 3 fully saturated rings. The van der Waals surface area contributed by atoms with Crippen molar-refractivity contribution in [3.8, 4) is 0 Å². The molecular formula is C25H41N2O4+. The highest BCUT2D eigenvalue weighted by molar-refractivity contribution is 5.14. The molecule has 0 amide bonds. The van der Waals surface area contributed by atoms with Crippen LogP contribution in [-0.4, -0.2) is 73.7 Å². The number of nitrogens with zero attached hydrogens (tertiary/aromatic N) is 1. The van der Waals surface area contributed by atoms with Crippen LogP contribution < -0.4 is 5.73 Å². The molecule has 5 atom stereocenters. The molecule has 0 bridgehead atoms. The molecule has 0 saturated carbocycles. The summed E-state index contributed by atoms with van der Waals surface area (Å²) in [5.74, 6) is -0.601. The van der Waals surface area contributed by atoms with Gasteiger partial charge in [0.1, 0.15) is 24.4 Å². The zero-order valence-corrected chi connectivity index (χ0v) is 19.5. The van der Waals surface area contributed by atoms with Crippen molar-refractivity contribution in [1.82, 2.24) is 0 Å². The predicted octanol–water partition coefficient (Wildman–Crippen LogP) is 3.23. The molecule has 1 aromatic carbocycles. The number of hydrogen-bond donors (Lipinski definition) is 1. The van der Waals surface area contributed by atoms with Gasteiger partial charge in [0.05, 0.1) is 26.2 Å². The summed E-state index contributed by atoms with van der Waals surface area (Å²) in [6, 6.07) is 10.9. The summed E-state index contributed by atoms with van der Waals surface area (Å²) in [5.41, 5.74) is 7.20. The minimum Gasteiger partial charge on any atom is -0.350 e. The van der Waals surface area contributed by atoms with Gasteiger partial charge >= 0.3 is 0 Å². The maximum atomic E-state index is 6.53. The fourth-order valence-electron chi connectivity index (χ4n) is 5.75. The molecule has 3 aliphatic rings. The molecule has 0 spiro atoms. The zero-order chi connectivity index (χ0) is 21.9. The van der Waals surface area contributed by atoms with Crippen LogP contribution in [0.1, 0.15) is 52.0 Å². The molecule has 0 aromatic heterocycles. The van der Waals surface area contributed by atoms with Gasteiger partial charge in [0.25, 0.3) is 0 Å². The van der Waals surface area contributed by atoms with E-state index in [0.717, 1.165) is 36.8 Å². The van der Waals surface area contributed by atoms with Crippen molar-refractivity contribution in [2.45, 2.75) is 89.3 Å². The van der Waals surface area contributed by atoms with E-state index in [-0.39, 0.29) is 24.6 Å². The van der Waals surface area contributed by atoms with E-state index in [0.29, 0.717) is 12.6 Å². The lowest BCUT2D eigenvalue weighted by molar-refractivity contribution is -0.942. The van der Waals surface area contributed by atoms with Gasteiger partial charge < -0.3 is 29.2 Å². The van der Waals surface area contributed by atoms with Gasteiger partial charge in [-0.15, -0.1) is 0 Å². The van der Waals surface area contributed by atoms with E-state index in [9.17, 15) is 0 Å². The molecule has 6 heteroatoms. The first-order valence-electron chi connectivity index (χ1n) is 12.2. The summed E-state index contributed by atoms with van der Waals surface area (Å²) in [6.45, 7) is 11.2. The van der Waals surface area contributed by atoms with Crippen LogP contribution in [0.5, 0.6) is 0 Å². The van der Waals surface area contributed by atoms with Gasteiger partial charge in [-0.25, -0.2) is 0 Å². The first-order chi connectivity index (χ1) is 14.9. The minimum atomic E-state index is -0.601. The van der Waals surface area contributed by atoms with Crippen LogP contribution in [0.15, 0.2) is 30.3 Å². The van der Waals surface area contributed by atoms with Crippen LogP contribution in [0.3, 0.4) is 0 Å². The average Bonchev–Trinajstić information content (AvgIpc) is 3.44. The Bertz CT molecular complexity index is 692. The van der Waals surface area contributed by atoms with Crippen molar-refractivity contribution >= 4 is 0 Å². The lowest BCUT2D eigenvalue weighted by Crippen LogP contribution is -2.59. The molecule has 1 aromatic rings. The average molecular weight is 434 g/mol. The lowest BCUT2D eigenvalue weighted by atomic mass is 10.0. The van der Waals surface area contributed by atoms with Crippen molar-refractivity contribution in [3.05, 3.63) is 35.9 Å². The summed E-state index contributed by atoms with van der Waals surface area (Å²) < 4.78 is 26.5. The predicted molar refractivity (Wildman–Crippen MR) is 120 cm³/mol. The van der Waals surface area contributed by atoms with E-state index in [1.807, 2.05) is 13.8 Å². The van der Waals surface area contributed by atoms with Gasteiger partial charge in [-0.05, 0) is 45.7 Å². The van der Waals surface area contributed by atoms with Crippen LogP contribution in [-0.2, 0) is 25.4 Å². The molecule has 0 aliphatic carbocycles. The summed E-state index contributed by atoms with van der Waals surface area (Å²) >= 11 is 0. The highest BCUT2D eigenvalue weighted by Crippen LogP contribution is 2.42. The Labute approximate surface area is 187 Å². The second kappa shape index (κ2) is 9.86. The second-order valence-corrected chi connectivity index (χ2v) is 9.97. The topological polar surface area (TPSA) is 62.9 Å². The van der Waals surface area contributed by atoms with E-state index in [2.05, 4.69) is 37.3 Å². The van der Waals surface area contributed by atoms with E-state index in [4.69, 9.17) is 24.7 Å². The smallest absolute Gasteiger partial charge is 0.187 e. The Balaban J connectivity index is 1.40. The quantitative estimate of drug-likeness (QED) is 0.453. The molecule has 0 unspecified atom stereocenters. The lowest BCUT2D eigenvalue weighted by Gasteiger charge is -2.43. The number of hydrogen-bond acceptors (Lipinski definition) is 5. The van der Waals surface area contributed by atoms with E-state index < -0.39 is 5.79 Å². The van der Waals surface area contributed by atoms with E-state index in [1.165, 1.54) is 31.5 Å². The third-order valence-electron chi connectivity index (χ3n) is 7.39. The number of fused-ring (bicyclic) bond motifs is 1. The number of benzene rings is 1. The van der Waals surface area contributed by atoms with Crippen molar-refractivity contribution < 1.29 is 23.4 Å². The number of quaternary nitrogens is 1. The number of ether oxygens (including phenoxy) is 4. The Morgan fingerprint density at radius 1 is 1.10 bits per heavy atom. The van der Waals surface area contributed by atoms with Gasteiger partial charge in [0, 0.05) is 19.3 Å². The molecule has 3 heterocycles. The maximum Gasteiger partial charge on any atom is 0.187 e. The Kier molecular flexibility index (Phi) is 7.36. The molecule has 4 rings (SSSR count). The SMILES string of the molecule is C[C@@H]([C@H]1O[C@H](OCCCc2ccccc2)[C@H]2OC(C)(C)O[C@H]21)[N+]1(CCCN)CCCC1. The van der Waals surface area contributed by atoms with Gasteiger partial charge in [-0.2, -0.15) is 0 Å². The highest BCUT2D eigenvalue weighted by Gasteiger charge is 2.60. The Morgan fingerprint density at radius 2 is 1.81 bits per heavy atom. The number of aryl methyl sites for hydroxylation is 1. The van der Waals surface area contributed by atoms with Crippen LogP contribution in [0, 0.1) is 0 Å².